The number of hydrogen-bond acceptors (Lipinski definition) is 13. The normalized spacial score (nSPS) is 13.4. The van der Waals surface area contributed by atoms with Crippen LogP contribution in [-0.2, 0) is 11.3 Å². The van der Waals surface area contributed by atoms with Gasteiger partial charge < -0.3 is 20.3 Å². The van der Waals surface area contributed by atoms with Gasteiger partial charge in [0.1, 0.15) is 22.2 Å². The Morgan fingerprint density at radius 2 is 1.97 bits per heavy atom. The number of carbonyl (C=O) groups is 1. The minimum Gasteiger partial charge on any atom is -0.462 e. The molecule has 0 unspecified atom stereocenters. The Morgan fingerprint density at radius 3 is 2.70 bits per heavy atom. The molecule has 1 saturated heterocycles. The number of anilines is 4. The van der Waals surface area contributed by atoms with Crippen molar-refractivity contribution in [1.82, 2.24) is 29.9 Å². The minimum atomic E-state index is -0.375. The average Bonchev–Trinajstić information content (AvgIpc) is 3.58. The molecular weight excluding hydrogens is 510 g/mol. The summed E-state index contributed by atoms with van der Waals surface area (Å²) in [5, 5.41) is 16.6. The van der Waals surface area contributed by atoms with Crippen molar-refractivity contribution < 1.29 is 9.53 Å². The number of rotatable bonds is 9. The number of piperazine rings is 1. The molecule has 0 saturated carbocycles. The van der Waals surface area contributed by atoms with Crippen LogP contribution in [0.5, 0.6) is 0 Å². The Bertz CT molecular complexity index is 1340. The fourth-order valence-corrected chi connectivity index (χ4v) is 5.16. The number of esters is 1. The molecule has 0 bridgehead atoms. The lowest BCUT2D eigenvalue weighted by Crippen LogP contribution is -2.44. The predicted octanol–water partition coefficient (Wildman–Crippen LogP) is 3.70. The van der Waals surface area contributed by atoms with Crippen LogP contribution in [0.15, 0.2) is 35.7 Å². The number of ether oxygens (including phenoxy) is 1. The zero-order valence-corrected chi connectivity index (χ0v) is 22.2. The first-order valence-electron chi connectivity index (χ1n) is 12.0. The molecular formula is C24H27N9O2S2. The van der Waals surface area contributed by atoms with Gasteiger partial charge in [-0.05, 0) is 30.9 Å². The average molecular weight is 538 g/mol. The number of nitrogens with one attached hydrogen (secondary N) is 3. The van der Waals surface area contributed by atoms with Gasteiger partial charge in [-0.25, -0.2) is 9.78 Å². The number of benzene rings is 1. The van der Waals surface area contributed by atoms with Gasteiger partial charge >= 0.3 is 5.97 Å². The summed E-state index contributed by atoms with van der Waals surface area (Å²) in [5.41, 5.74) is 3.63. The molecule has 0 atom stereocenters. The lowest BCUT2D eigenvalue weighted by Gasteiger charge is -2.28. The van der Waals surface area contributed by atoms with E-state index in [0.717, 1.165) is 48.8 Å². The zero-order valence-electron chi connectivity index (χ0n) is 20.5. The van der Waals surface area contributed by atoms with E-state index >= 15 is 0 Å². The van der Waals surface area contributed by atoms with Crippen LogP contribution in [-0.4, -0.2) is 63.3 Å². The van der Waals surface area contributed by atoms with Crippen molar-refractivity contribution in [3.8, 4) is 11.3 Å². The molecule has 3 aromatic heterocycles. The first-order valence-corrected chi connectivity index (χ1v) is 13.6. The molecule has 37 heavy (non-hydrogen) atoms. The summed E-state index contributed by atoms with van der Waals surface area (Å²) in [4.78, 5) is 28.8. The van der Waals surface area contributed by atoms with Crippen LogP contribution in [0.3, 0.4) is 0 Å². The Morgan fingerprint density at radius 1 is 1.16 bits per heavy atom. The molecule has 192 valence electrons. The molecule has 1 aliphatic heterocycles. The van der Waals surface area contributed by atoms with Crippen LogP contribution in [0.1, 0.15) is 27.9 Å². The summed E-state index contributed by atoms with van der Waals surface area (Å²) < 4.78 is 9.07. The lowest BCUT2D eigenvalue weighted by molar-refractivity contribution is 0.0531. The molecule has 0 amide bonds. The van der Waals surface area contributed by atoms with E-state index in [9.17, 15) is 4.79 Å². The maximum atomic E-state index is 12.2. The van der Waals surface area contributed by atoms with E-state index in [1.807, 2.05) is 23.6 Å². The summed E-state index contributed by atoms with van der Waals surface area (Å²) in [6.45, 7) is 7.97. The third kappa shape index (κ3) is 6.18. The van der Waals surface area contributed by atoms with Crippen molar-refractivity contribution in [2.75, 3.05) is 48.3 Å². The molecule has 1 fully saturated rings. The van der Waals surface area contributed by atoms with Crippen molar-refractivity contribution in [1.29, 1.82) is 0 Å². The van der Waals surface area contributed by atoms with E-state index in [4.69, 9.17) is 9.72 Å². The minimum absolute atomic E-state index is 0.314. The second kappa shape index (κ2) is 11.6. The summed E-state index contributed by atoms with van der Waals surface area (Å²) >= 11 is 2.57. The van der Waals surface area contributed by atoms with E-state index in [1.54, 1.807) is 13.8 Å². The van der Waals surface area contributed by atoms with Crippen molar-refractivity contribution in [3.05, 3.63) is 51.8 Å². The monoisotopic (exact) mass is 537 g/mol. The van der Waals surface area contributed by atoms with E-state index in [0.29, 0.717) is 40.6 Å². The van der Waals surface area contributed by atoms with E-state index < -0.39 is 0 Å². The summed E-state index contributed by atoms with van der Waals surface area (Å²) in [7, 11) is 0. The third-order valence-electron chi connectivity index (χ3n) is 5.71. The van der Waals surface area contributed by atoms with E-state index in [-0.39, 0.29) is 5.97 Å². The standard InChI is InChI=1S/C24H27N9O2S2/c1-3-35-22(34)21-15(2)27-24(37-21)30-23-28-19(12-20(29-23)33-10-8-25-9-11-33)26-13-16-4-6-17(7-5-16)18-14-36-32-31-18/h4-7,12,14,25H,3,8-11,13H2,1-2H3,(H2,26,27,28,29,30). The summed E-state index contributed by atoms with van der Waals surface area (Å²) in [5.74, 6) is 1.55. The highest BCUT2D eigenvalue weighted by Gasteiger charge is 2.19. The highest BCUT2D eigenvalue weighted by Crippen LogP contribution is 2.27. The molecule has 13 heteroatoms. The van der Waals surface area contributed by atoms with Crippen molar-refractivity contribution in [2.45, 2.75) is 20.4 Å². The molecule has 5 rings (SSSR count). The molecule has 0 spiro atoms. The van der Waals surface area contributed by atoms with Gasteiger partial charge in [-0.1, -0.05) is 40.1 Å². The quantitative estimate of drug-likeness (QED) is 0.270. The molecule has 4 heterocycles. The van der Waals surface area contributed by atoms with Gasteiger partial charge in [-0.15, -0.1) is 5.10 Å². The summed E-state index contributed by atoms with van der Waals surface area (Å²) in [6, 6.07) is 10.2. The van der Waals surface area contributed by atoms with Gasteiger partial charge in [0.2, 0.25) is 5.95 Å². The number of thiazole rings is 1. The molecule has 1 aliphatic rings. The number of aryl methyl sites for hydroxylation is 1. The van der Waals surface area contributed by atoms with Crippen LogP contribution < -0.4 is 20.9 Å². The van der Waals surface area contributed by atoms with Crippen molar-refractivity contribution >= 4 is 51.6 Å². The maximum Gasteiger partial charge on any atom is 0.350 e. The van der Waals surface area contributed by atoms with Gasteiger partial charge in [-0.2, -0.15) is 9.97 Å². The Kier molecular flexibility index (Phi) is 7.82. The molecule has 11 nitrogen and oxygen atoms in total. The second-order valence-electron chi connectivity index (χ2n) is 8.29. The topological polar surface area (TPSA) is 130 Å². The number of carbonyl (C=O) groups excluding carboxylic acids is 1. The maximum absolute atomic E-state index is 12.2. The van der Waals surface area contributed by atoms with Crippen LogP contribution >= 0.6 is 22.9 Å². The van der Waals surface area contributed by atoms with Gasteiger partial charge in [0, 0.05) is 49.7 Å². The Hall–Kier alpha value is -3.68. The van der Waals surface area contributed by atoms with Crippen molar-refractivity contribution in [3.63, 3.8) is 0 Å². The smallest absolute Gasteiger partial charge is 0.350 e. The lowest BCUT2D eigenvalue weighted by atomic mass is 10.1. The molecule has 0 radical (unpaired) electrons. The SMILES string of the molecule is CCOC(=O)c1sc(Nc2nc(NCc3ccc(-c4csnn4)cc3)cc(N3CCNCC3)n2)nc1C. The van der Waals surface area contributed by atoms with Crippen LogP contribution in [0.4, 0.5) is 22.7 Å². The van der Waals surface area contributed by atoms with Crippen LogP contribution in [0.2, 0.25) is 0 Å². The van der Waals surface area contributed by atoms with Gasteiger partial charge in [-0.3, -0.25) is 5.32 Å². The Balaban J connectivity index is 1.34. The van der Waals surface area contributed by atoms with Gasteiger partial charge in [0.15, 0.2) is 5.13 Å². The number of aromatic nitrogens is 5. The molecule has 3 N–H and O–H groups in total. The highest BCUT2D eigenvalue weighted by molar-refractivity contribution is 7.17. The first-order chi connectivity index (χ1) is 18.1. The van der Waals surface area contributed by atoms with Gasteiger partial charge in [0.25, 0.3) is 0 Å². The highest BCUT2D eigenvalue weighted by atomic mass is 32.1. The van der Waals surface area contributed by atoms with Gasteiger partial charge in [0.05, 0.1) is 12.3 Å². The Labute approximate surface area is 222 Å². The van der Waals surface area contributed by atoms with Crippen LogP contribution in [0.25, 0.3) is 11.3 Å². The largest absolute Gasteiger partial charge is 0.462 e. The third-order valence-corrected chi connectivity index (χ3v) is 7.27. The summed E-state index contributed by atoms with van der Waals surface area (Å²) in [6.07, 6.45) is 0. The van der Waals surface area contributed by atoms with E-state index in [2.05, 4.69) is 52.5 Å². The van der Waals surface area contributed by atoms with Crippen molar-refractivity contribution in [2.24, 2.45) is 0 Å². The van der Waals surface area contributed by atoms with Crippen LogP contribution in [0, 0.1) is 6.92 Å². The second-order valence-corrected chi connectivity index (χ2v) is 9.90. The number of hydrogen-bond donors (Lipinski definition) is 3. The first kappa shape index (κ1) is 25.0. The number of nitrogens with zero attached hydrogens (tertiary/aromatic N) is 6. The molecule has 1 aromatic carbocycles. The predicted molar refractivity (Wildman–Crippen MR) is 146 cm³/mol. The van der Waals surface area contributed by atoms with E-state index in [1.165, 1.54) is 22.9 Å². The fourth-order valence-electron chi connectivity index (χ4n) is 3.84. The molecule has 0 aliphatic carbocycles. The molecule has 4 aromatic rings. The zero-order chi connectivity index (χ0) is 25.6. The fraction of sp³-hybridized carbons (Fsp3) is 0.333.